The molecular formula is C25H26N4O4. The Morgan fingerprint density at radius 3 is 2.79 bits per heavy atom. The normalized spacial score (nSPS) is 19.7. The highest BCUT2D eigenvalue weighted by molar-refractivity contribution is 5.94. The van der Waals surface area contributed by atoms with Crippen LogP contribution in [0.15, 0.2) is 73.4 Å². The molecule has 0 bridgehead atoms. The van der Waals surface area contributed by atoms with Crippen molar-refractivity contribution in [2.75, 3.05) is 18.4 Å². The highest BCUT2D eigenvalue weighted by Gasteiger charge is 2.34. The fourth-order valence-corrected chi connectivity index (χ4v) is 4.52. The molecule has 0 radical (unpaired) electrons. The van der Waals surface area contributed by atoms with Gasteiger partial charge in [0.25, 0.3) is 5.69 Å². The predicted octanol–water partition coefficient (Wildman–Crippen LogP) is 4.08. The molecule has 2 aromatic carbocycles. The largest absolute Gasteiger partial charge is 0.387 e. The molecule has 170 valence electrons. The van der Waals surface area contributed by atoms with E-state index in [1.165, 1.54) is 12.1 Å². The van der Waals surface area contributed by atoms with E-state index in [9.17, 15) is 20.0 Å². The summed E-state index contributed by atoms with van der Waals surface area (Å²) in [6.45, 7) is 4.46. The maximum Gasteiger partial charge on any atom is 0.292 e. The molecule has 1 amide bonds. The molecule has 3 aromatic rings. The fraction of sp³-hybridized carbons (Fsp3) is 0.280. The van der Waals surface area contributed by atoms with Gasteiger partial charge >= 0.3 is 0 Å². The van der Waals surface area contributed by atoms with Crippen molar-refractivity contribution in [2.24, 2.45) is 5.92 Å². The van der Waals surface area contributed by atoms with Gasteiger partial charge in [0.1, 0.15) is 5.69 Å². The van der Waals surface area contributed by atoms with E-state index in [4.69, 9.17) is 0 Å². The number of carbonyl (C=O) groups excluding carboxylic acids is 1. The van der Waals surface area contributed by atoms with Gasteiger partial charge in [-0.15, -0.1) is 6.58 Å². The van der Waals surface area contributed by atoms with Crippen LogP contribution in [0.1, 0.15) is 24.5 Å². The highest BCUT2D eigenvalue weighted by Crippen LogP contribution is 2.34. The van der Waals surface area contributed by atoms with Crippen molar-refractivity contribution in [1.82, 2.24) is 9.88 Å². The molecule has 3 atom stereocenters. The van der Waals surface area contributed by atoms with Crippen LogP contribution >= 0.6 is 0 Å². The Labute approximate surface area is 191 Å². The minimum atomic E-state index is -0.817. The van der Waals surface area contributed by atoms with Gasteiger partial charge in [-0.05, 0) is 42.5 Å². The Balaban J connectivity index is 1.57. The number of anilines is 1. The lowest BCUT2D eigenvalue weighted by atomic mass is 9.87. The zero-order valence-electron chi connectivity index (χ0n) is 18.1. The van der Waals surface area contributed by atoms with E-state index in [-0.39, 0.29) is 35.8 Å². The summed E-state index contributed by atoms with van der Waals surface area (Å²) in [7, 11) is 0. The molecule has 3 unspecified atom stereocenters. The lowest BCUT2D eigenvalue weighted by Crippen LogP contribution is -2.49. The van der Waals surface area contributed by atoms with Crippen LogP contribution in [0.3, 0.4) is 0 Å². The summed E-state index contributed by atoms with van der Waals surface area (Å²) in [5, 5.41) is 26.2. The van der Waals surface area contributed by atoms with Crippen molar-refractivity contribution in [3.63, 3.8) is 0 Å². The zero-order valence-corrected chi connectivity index (χ0v) is 18.1. The second kappa shape index (κ2) is 9.89. The van der Waals surface area contributed by atoms with E-state index in [0.29, 0.717) is 13.0 Å². The maximum atomic E-state index is 12.9. The van der Waals surface area contributed by atoms with Crippen molar-refractivity contribution >= 4 is 28.2 Å². The van der Waals surface area contributed by atoms with E-state index < -0.39 is 11.0 Å². The lowest BCUT2D eigenvalue weighted by molar-refractivity contribution is -0.383. The number of nitro benzene ring substituents is 1. The van der Waals surface area contributed by atoms with Gasteiger partial charge in [-0.2, -0.15) is 0 Å². The topological polar surface area (TPSA) is 109 Å². The first kappa shape index (κ1) is 22.6. The van der Waals surface area contributed by atoms with Gasteiger partial charge < -0.3 is 10.4 Å². The second-order valence-corrected chi connectivity index (χ2v) is 8.25. The molecule has 1 aliphatic rings. The molecule has 8 nitrogen and oxygen atoms in total. The van der Waals surface area contributed by atoms with Gasteiger partial charge in [-0.1, -0.05) is 36.4 Å². The first-order valence-electron chi connectivity index (χ1n) is 10.9. The SMILES string of the molecule is C=CC1CCC(C(O)c2ccnc3ccccc23)N(CC(=O)Nc2ccccc2[N+](=O)[O-])C1. The van der Waals surface area contributed by atoms with Crippen molar-refractivity contribution in [1.29, 1.82) is 0 Å². The first-order valence-corrected chi connectivity index (χ1v) is 10.9. The summed E-state index contributed by atoms with van der Waals surface area (Å²) in [4.78, 5) is 29.9. The number of nitrogens with one attached hydrogen (secondary N) is 1. The van der Waals surface area contributed by atoms with Crippen LogP contribution in [0.2, 0.25) is 0 Å². The number of rotatable bonds is 7. The molecule has 1 saturated heterocycles. The van der Waals surface area contributed by atoms with Gasteiger partial charge in [0.05, 0.1) is 23.1 Å². The summed E-state index contributed by atoms with van der Waals surface area (Å²) in [5.41, 5.74) is 1.57. The summed E-state index contributed by atoms with van der Waals surface area (Å²) in [6, 6.07) is 15.2. The van der Waals surface area contributed by atoms with Crippen LogP contribution in [0.25, 0.3) is 10.9 Å². The molecule has 1 aromatic heterocycles. The zero-order chi connectivity index (χ0) is 23.4. The monoisotopic (exact) mass is 446 g/mol. The van der Waals surface area contributed by atoms with Crippen molar-refractivity contribution in [3.8, 4) is 0 Å². The summed E-state index contributed by atoms with van der Waals surface area (Å²) < 4.78 is 0. The molecule has 2 heterocycles. The molecule has 33 heavy (non-hydrogen) atoms. The van der Waals surface area contributed by atoms with Crippen LogP contribution in [-0.4, -0.2) is 45.0 Å². The summed E-state index contributed by atoms with van der Waals surface area (Å²) >= 11 is 0. The van der Waals surface area contributed by atoms with Crippen molar-refractivity contribution in [2.45, 2.75) is 25.0 Å². The van der Waals surface area contributed by atoms with E-state index in [1.54, 1.807) is 18.3 Å². The molecule has 2 N–H and O–H groups in total. The molecule has 1 fully saturated rings. The third-order valence-electron chi connectivity index (χ3n) is 6.19. The third-order valence-corrected chi connectivity index (χ3v) is 6.19. The smallest absolute Gasteiger partial charge is 0.292 e. The second-order valence-electron chi connectivity index (χ2n) is 8.25. The van der Waals surface area contributed by atoms with E-state index >= 15 is 0 Å². The number of amides is 1. The molecule has 1 aliphatic heterocycles. The fourth-order valence-electron chi connectivity index (χ4n) is 4.52. The first-order chi connectivity index (χ1) is 16.0. The van der Waals surface area contributed by atoms with Crippen molar-refractivity contribution in [3.05, 3.63) is 89.1 Å². The highest BCUT2D eigenvalue weighted by atomic mass is 16.6. The number of aliphatic hydroxyl groups excluding tert-OH is 1. The number of nitro groups is 1. The van der Waals surface area contributed by atoms with Crippen molar-refractivity contribution < 1.29 is 14.8 Å². The number of carbonyl (C=O) groups is 1. The molecule has 0 spiro atoms. The Kier molecular flexibility index (Phi) is 6.76. The van der Waals surface area contributed by atoms with Crippen LogP contribution in [0.5, 0.6) is 0 Å². The minimum absolute atomic E-state index is 0.00112. The van der Waals surface area contributed by atoms with Gasteiger partial charge in [-0.25, -0.2) is 0 Å². The van der Waals surface area contributed by atoms with Crippen LogP contribution in [0, 0.1) is 16.0 Å². The Morgan fingerprint density at radius 1 is 1.24 bits per heavy atom. The number of pyridine rings is 1. The third kappa shape index (κ3) is 4.92. The number of likely N-dealkylation sites (tertiary alicyclic amines) is 1. The average molecular weight is 447 g/mol. The number of piperidine rings is 1. The van der Waals surface area contributed by atoms with E-state index in [0.717, 1.165) is 22.9 Å². The number of aromatic nitrogens is 1. The number of fused-ring (bicyclic) bond motifs is 1. The van der Waals surface area contributed by atoms with Crippen LogP contribution < -0.4 is 5.32 Å². The summed E-state index contributed by atoms with van der Waals surface area (Å²) in [5.74, 6) is -0.174. The molecule has 8 heteroatoms. The Hall–Kier alpha value is -3.62. The number of hydrogen-bond donors (Lipinski definition) is 2. The number of para-hydroxylation sites is 3. The van der Waals surface area contributed by atoms with Crippen LogP contribution in [-0.2, 0) is 4.79 Å². The van der Waals surface area contributed by atoms with Crippen LogP contribution in [0.4, 0.5) is 11.4 Å². The standard InChI is InChI=1S/C25H26N4O4/c1-2-17-11-12-23(25(31)19-13-14-26-20-8-4-3-7-18(19)20)28(15-17)16-24(30)27-21-9-5-6-10-22(21)29(32)33/h2-10,13-14,17,23,25,31H,1,11-12,15-16H2,(H,27,30). The van der Waals surface area contributed by atoms with E-state index in [1.807, 2.05) is 41.3 Å². The number of aliphatic hydroxyl groups is 1. The molecular weight excluding hydrogens is 420 g/mol. The lowest BCUT2D eigenvalue weighted by Gasteiger charge is -2.41. The van der Waals surface area contributed by atoms with Gasteiger partial charge in [0, 0.05) is 30.2 Å². The average Bonchev–Trinajstić information content (AvgIpc) is 2.83. The minimum Gasteiger partial charge on any atom is -0.387 e. The molecule has 0 aliphatic carbocycles. The molecule has 0 saturated carbocycles. The quantitative estimate of drug-likeness (QED) is 0.322. The number of hydrogen-bond acceptors (Lipinski definition) is 6. The maximum absolute atomic E-state index is 12.9. The van der Waals surface area contributed by atoms with Gasteiger partial charge in [0.15, 0.2) is 0 Å². The van der Waals surface area contributed by atoms with E-state index in [2.05, 4.69) is 16.9 Å². The number of nitrogens with zero attached hydrogens (tertiary/aromatic N) is 3. The number of benzene rings is 2. The van der Waals surface area contributed by atoms with Gasteiger partial charge in [-0.3, -0.25) is 24.8 Å². The van der Waals surface area contributed by atoms with Gasteiger partial charge in [0.2, 0.25) is 5.91 Å². The summed E-state index contributed by atoms with van der Waals surface area (Å²) in [6.07, 6.45) is 4.28. The Morgan fingerprint density at radius 2 is 2.00 bits per heavy atom. The molecule has 4 rings (SSSR count). The Bertz CT molecular complexity index is 1180. The predicted molar refractivity (Wildman–Crippen MR) is 127 cm³/mol.